The summed E-state index contributed by atoms with van der Waals surface area (Å²) in [5.41, 5.74) is 1.57. The number of nitrogens with zero attached hydrogens (tertiary/aromatic N) is 1. The minimum Gasteiger partial charge on any atom is -0.280 e. The molecule has 0 saturated carbocycles. The Morgan fingerprint density at radius 2 is 1.81 bits per heavy atom. The van der Waals surface area contributed by atoms with Crippen LogP contribution in [0.3, 0.4) is 0 Å². The van der Waals surface area contributed by atoms with Gasteiger partial charge in [-0.1, -0.05) is 6.07 Å². The Labute approximate surface area is 122 Å². The summed E-state index contributed by atoms with van der Waals surface area (Å²) in [7, 11) is -3.82. The van der Waals surface area contributed by atoms with E-state index in [-0.39, 0.29) is 10.6 Å². The normalized spacial score (nSPS) is 11.0. The maximum absolute atomic E-state index is 13.4. The average Bonchev–Trinajstić information content (AvgIpc) is 2.42. The quantitative estimate of drug-likeness (QED) is 0.947. The fourth-order valence-corrected chi connectivity index (χ4v) is 2.93. The van der Waals surface area contributed by atoms with Gasteiger partial charge in [0, 0.05) is 0 Å². The van der Waals surface area contributed by atoms with Crippen LogP contribution in [0.1, 0.15) is 16.7 Å². The fourth-order valence-electron chi connectivity index (χ4n) is 1.80. The van der Waals surface area contributed by atoms with Crippen molar-refractivity contribution in [1.82, 2.24) is 0 Å². The molecule has 108 valence electrons. The third-order valence-electron chi connectivity index (χ3n) is 3.05. The number of nitrogens with one attached hydrogen (secondary N) is 1. The molecule has 0 amide bonds. The molecule has 0 saturated heterocycles. The lowest BCUT2D eigenvalue weighted by molar-refractivity contribution is 0.601. The standard InChI is InChI=1S/C15H13FN2O2S/c1-10-3-5-13(8-15(10)16)18-21(19,20)14-6-4-12(9-17)11(2)7-14/h3-8,18H,1-2H3. The van der Waals surface area contributed by atoms with Gasteiger partial charge in [-0.3, -0.25) is 4.72 Å². The highest BCUT2D eigenvalue weighted by molar-refractivity contribution is 7.92. The molecule has 4 nitrogen and oxygen atoms in total. The highest BCUT2D eigenvalue weighted by atomic mass is 32.2. The van der Waals surface area contributed by atoms with E-state index in [2.05, 4.69) is 4.72 Å². The number of rotatable bonds is 3. The summed E-state index contributed by atoms with van der Waals surface area (Å²) in [4.78, 5) is 0.0278. The van der Waals surface area contributed by atoms with Crippen molar-refractivity contribution < 1.29 is 12.8 Å². The van der Waals surface area contributed by atoms with Crippen LogP contribution in [0.25, 0.3) is 0 Å². The maximum atomic E-state index is 13.4. The van der Waals surface area contributed by atoms with E-state index in [0.29, 0.717) is 16.7 Å². The van der Waals surface area contributed by atoms with E-state index in [0.717, 1.165) is 6.07 Å². The van der Waals surface area contributed by atoms with E-state index in [1.54, 1.807) is 13.8 Å². The zero-order valence-corrected chi connectivity index (χ0v) is 12.3. The van der Waals surface area contributed by atoms with E-state index >= 15 is 0 Å². The van der Waals surface area contributed by atoms with Crippen LogP contribution in [0, 0.1) is 31.0 Å². The molecule has 1 N–H and O–H groups in total. The van der Waals surface area contributed by atoms with E-state index < -0.39 is 15.8 Å². The zero-order chi connectivity index (χ0) is 15.6. The topological polar surface area (TPSA) is 70.0 Å². The van der Waals surface area contributed by atoms with Crippen molar-refractivity contribution in [2.75, 3.05) is 4.72 Å². The van der Waals surface area contributed by atoms with Crippen LogP contribution in [0.4, 0.5) is 10.1 Å². The zero-order valence-electron chi connectivity index (χ0n) is 11.5. The van der Waals surface area contributed by atoms with Gasteiger partial charge in [0.05, 0.1) is 22.2 Å². The van der Waals surface area contributed by atoms with Gasteiger partial charge in [-0.05, 0) is 55.3 Å². The molecule has 2 rings (SSSR count). The molecule has 0 aliphatic heterocycles. The number of hydrogen-bond donors (Lipinski definition) is 1. The Kier molecular flexibility index (Phi) is 3.96. The molecule has 2 aromatic carbocycles. The smallest absolute Gasteiger partial charge is 0.261 e. The van der Waals surface area contributed by atoms with Crippen LogP contribution in [0.5, 0.6) is 0 Å². The summed E-state index contributed by atoms with van der Waals surface area (Å²) < 4.78 is 40.2. The highest BCUT2D eigenvalue weighted by Crippen LogP contribution is 2.20. The number of nitriles is 1. The van der Waals surface area contributed by atoms with Crippen molar-refractivity contribution in [3.63, 3.8) is 0 Å². The van der Waals surface area contributed by atoms with E-state index in [1.165, 1.54) is 30.3 Å². The Morgan fingerprint density at radius 1 is 1.10 bits per heavy atom. The summed E-state index contributed by atoms with van der Waals surface area (Å²) in [5.74, 6) is -0.480. The molecule has 21 heavy (non-hydrogen) atoms. The molecule has 0 aliphatic carbocycles. The lowest BCUT2D eigenvalue weighted by Crippen LogP contribution is -2.13. The fraction of sp³-hybridized carbons (Fsp3) is 0.133. The van der Waals surface area contributed by atoms with Gasteiger partial charge in [-0.2, -0.15) is 5.26 Å². The Morgan fingerprint density at radius 3 is 2.38 bits per heavy atom. The van der Waals surface area contributed by atoms with Gasteiger partial charge in [-0.15, -0.1) is 0 Å². The van der Waals surface area contributed by atoms with Crippen molar-refractivity contribution in [1.29, 1.82) is 5.26 Å². The molecular weight excluding hydrogens is 291 g/mol. The molecular formula is C15H13FN2O2S. The van der Waals surface area contributed by atoms with Crippen molar-refractivity contribution in [3.05, 3.63) is 58.9 Å². The summed E-state index contributed by atoms with van der Waals surface area (Å²) >= 11 is 0. The molecule has 0 radical (unpaired) electrons. The first-order valence-corrected chi connectivity index (χ1v) is 7.61. The summed E-state index contributed by atoms with van der Waals surface area (Å²) in [6, 6.07) is 10.3. The number of hydrogen-bond acceptors (Lipinski definition) is 3. The van der Waals surface area contributed by atoms with Crippen LogP contribution in [-0.4, -0.2) is 8.42 Å². The molecule has 0 aliphatic rings. The van der Waals surface area contributed by atoms with Gasteiger partial charge in [0.2, 0.25) is 0 Å². The second-order valence-corrected chi connectivity index (χ2v) is 6.34. The second-order valence-electron chi connectivity index (χ2n) is 4.66. The number of sulfonamides is 1. The predicted molar refractivity (Wildman–Crippen MR) is 77.8 cm³/mol. The minimum atomic E-state index is -3.82. The molecule has 2 aromatic rings. The summed E-state index contributed by atoms with van der Waals surface area (Å²) in [5, 5.41) is 8.85. The van der Waals surface area contributed by atoms with Crippen LogP contribution in [-0.2, 0) is 10.0 Å². The van der Waals surface area contributed by atoms with E-state index in [4.69, 9.17) is 5.26 Å². The van der Waals surface area contributed by atoms with Crippen LogP contribution in [0.15, 0.2) is 41.3 Å². The lowest BCUT2D eigenvalue weighted by Gasteiger charge is -2.10. The summed E-state index contributed by atoms with van der Waals surface area (Å²) in [6.45, 7) is 3.25. The van der Waals surface area contributed by atoms with Crippen molar-refractivity contribution in [2.45, 2.75) is 18.7 Å². The number of benzene rings is 2. The van der Waals surface area contributed by atoms with E-state index in [1.807, 2.05) is 6.07 Å². The largest absolute Gasteiger partial charge is 0.280 e. The van der Waals surface area contributed by atoms with Crippen molar-refractivity contribution >= 4 is 15.7 Å². The van der Waals surface area contributed by atoms with Gasteiger partial charge in [0.1, 0.15) is 5.82 Å². The lowest BCUT2D eigenvalue weighted by atomic mass is 10.1. The second kappa shape index (κ2) is 5.54. The first-order chi connectivity index (χ1) is 9.83. The maximum Gasteiger partial charge on any atom is 0.261 e. The third-order valence-corrected chi connectivity index (χ3v) is 4.43. The van der Waals surface area contributed by atoms with Crippen LogP contribution in [0.2, 0.25) is 0 Å². The van der Waals surface area contributed by atoms with Crippen LogP contribution < -0.4 is 4.72 Å². The number of aryl methyl sites for hydroxylation is 2. The van der Waals surface area contributed by atoms with Gasteiger partial charge in [0.15, 0.2) is 0 Å². The van der Waals surface area contributed by atoms with E-state index in [9.17, 15) is 12.8 Å². The molecule has 0 fully saturated rings. The average molecular weight is 304 g/mol. The van der Waals surface area contributed by atoms with Gasteiger partial charge < -0.3 is 0 Å². The molecule has 0 heterocycles. The number of halogens is 1. The third kappa shape index (κ3) is 3.20. The molecule has 0 atom stereocenters. The number of anilines is 1. The van der Waals surface area contributed by atoms with Crippen molar-refractivity contribution in [2.24, 2.45) is 0 Å². The Hall–Kier alpha value is -2.39. The SMILES string of the molecule is Cc1ccc(NS(=O)(=O)c2ccc(C#N)c(C)c2)cc1F. The predicted octanol–water partition coefficient (Wildman–Crippen LogP) is 3.12. The molecule has 0 unspecified atom stereocenters. The Bertz CT molecular complexity index is 839. The van der Waals surface area contributed by atoms with Gasteiger partial charge >= 0.3 is 0 Å². The molecule has 6 heteroatoms. The Balaban J connectivity index is 2.36. The molecule has 0 spiro atoms. The monoisotopic (exact) mass is 304 g/mol. The molecule has 0 bridgehead atoms. The highest BCUT2D eigenvalue weighted by Gasteiger charge is 2.16. The van der Waals surface area contributed by atoms with Gasteiger partial charge in [-0.25, -0.2) is 12.8 Å². The molecule has 0 aromatic heterocycles. The minimum absolute atomic E-state index is 0.0278. The van der Waals surface area contributed by atoms with Crippen LogP contribution >= 0.6 is 0 Å². The first kappa shape index (κ1) is 15.0. The summed E-state index contributed by atoms with van der Waals surface area (Å²) in [6.07, 6.45) is 0. The van der Waals surface area contributed by atoms with Gasteiger partial charge in [0.25, 0.3) is 10.0 Å². The van der Waals surface area contributed by atoms with Crippen molar-refractivity contribution in [3.8, 4) is 6.07 Å². The first-order valence-electron chi connectivity index (χ1n) is 6.13.